The first-order valence-electron chi connectivity index (χ1n) is 10.7. The van der Waals surface area contributed by atoms with Crippen LogP contribution in [0, 0.1) is 0 Å². The minimum Gasteiger partial charge on any atom is -0.467 e. The molecular formula is C25H19N5O3S. The molecule has 4 aromatic heterocycles. The number of pyridine rings is 1. The lowest BCUT2D eigenvalue weighted by molar-refractivity contribution is 0.485. The van der Waals surface area contributed by atoms with Crippen LogP contribution >= 0.6 is 11.8 Å². The number of benzene rings is 2. The highest BCUT2D eigenvalue weighted by atomic mass is 32.2. The minimum atomic E-state index is -0.382. The summed E-state index contributed by atoms with van der Waals surface area (Å²) in [6, 6.07) is 18.6. The van der Waals surface area contributed by atoms with Crippen LogP contribution in [0.25, 0.3) is 33.0 Å². The number of aromatic amines is 1. The third-order valence-corrected chi connectivity index (χ3v) is 6.75. The highest BCUT2D eigenvalue weighted by Gasteiger charge is 2.19. The molecule has 0 saturated carbocycles. The molecule has 0 atom stereocenters. The van der Waals surface area contributed by atoms with Crippen molar-refractivity contribution >= 4 is 44.7 Å². The molecule has 0 aliphatic heterocycles. The zero-order valence-electron chi connectivity index (χ0n) is 18.2. The number of H-pyrrole nitrogens is 1. The number of furan rings is 1. The summed E-state index contributed by atoms with van der Waals surface area (Å²) in [5.41, 5.74) is 2.21. The predicted octanol–water partition coefficient (Wildman–Crippen LogP) is 4.06. The van der Waals surface area contributed by atoms with Gasteiger partial charge in [-0.05, 0) is 36.4 Å². The Kier molecular flexibility index (Phi) is 4.84. The van der Waals surface area contributed by atoms with Crippen molar-refractivity contribution in [2.45, 2.75) is 17.5 Å². The Hall–Kier alpha value is -4.11. The number of thioether (sulfide) groups is 1. The molecule has 168 valence electrons. The van der Waals surface area contributed by atoms with Gasteiger partial charge >= 0.3 is 0 Å². The SMILES string of the molecule is Cn1c2ccccc2c(=O)c2c(=O)n(Cc3ccco3)c(CSc3nc4ccccc4[nH]3)nc21. The van der Waals surface area contributed by atoms with Crippen molar-refractivity contribution in [2.24, 2.45) is 7.05 Å². The predicted molar refractivity (Wildman–Crippen MR) is 132 cm³/mol. The monoisotopic (exact) mass is 469 g/mol. The third kappa shape index (κ3) is 3.32. The van der Waals surface area contributed by atoms with Gasteiger partial charge in [0, 0.05) is 12.4 Å². The molecule has 9 heteroatoms. The van der Waals surface area contributed by atoms with Gasteiger partial charge in [-0.15, -0.1) is 0 Å². The van der Waals surface area contributed by atoms with Crippen LogP contribution in [0.2, 0.25) is 0 Å². The zero-order valence-corrected chi connectivity index (χ0v) is 19.0. The first-order chi connectivity index (χ1) is 16.6. The summed E-state index contributed by atoms with van der Waals surface area (Å²) in [6.07, 6.45) is 1.56. The van der Waals surface area contributed by atoms with Gasteiger partial charge in [0.1, 0.15) is 17.0 Å². The molecule has 6 rings (SSSR count). The Labute approximate surface area is 196 Å². The van der Waals surface area contributed by atoms with Crippen molar-refractivity contribution in [1.29, 1.82) is 0 Å². The summed E-state index contributed by atoms with van der Waals surface area (Å²) in [5.74, 6) is 1.52. The Morgan fingerprint density at radius 1 is 1.00 bits per heavy atom. The van der Waals surface area contributed by atoms with Crippen LogP contribution in [-0.2, 0) is 19.3 Å². The maximum Gasteiger partial charge on any atom is 0.267 e. The molecule has 2 aromatic carbocycles. The average Bonchev–Trinajstić information content (AvgIpc) is 3.52. The van der Waals surface area contributed by atoms with Gasteiger partial charge in [-0.2, -0.15) is 0 Å². The molecule has 0 bridgehead atoms. The van der Waals surface area contributed by atoms with E-state index in [0.717, 1.165) is 21.7 Å². The molecule has 1 N–H and O–H groups in total. The van der Waals surface area contributed by atoms with Crippen LogP contribution in [-0.4, -0.2) is 24.1 Å². The molecule has 4 heterocycles. The van der Waals surface area contributed by atoms with Crippen molar-refractivity contribution in [1.82, 2.24) is 24.1 Å². The molecule has 0 fully saturated rings. The number of hydrogen-bond acceptors (Lipinski definition) is 6. The van der Waals surface area contributed by atoms with Crippen molar-refractivity contribution < 1.29 is 4.42 Å². The summed E-state index contributed by atoms with van der Waals surface area (Å²) in [5, 5.41) is 1.29. The van der Waals surface area contributed by atoms with Gasteiger partial charge < -0.3 is 14.0 Å². The number of aromatic nitrogens is 5. The van der Waals surface area contributed by atoms with E-state index in [9.17, 15) is 9.59 Å². The number of hydrogen-bond donors (Lipinski definition) is 1. The lowest BCUT2D eigenvalue weighted by atomic mass is 10.1. The van der Waals surface area contributed by atoms with Gasteiger partial charge in [0.15, 0.2) is 10.8 Å². The fourth-order valence-corrected chi connectivity index (χ4v) is 5.03. The van der Waals surface area contributed by atoms with Gasteiger partial charge in [-0.3, -0.25) is 14.2 Å². The fourth-order valence-electron chi connectivity index (χ4n) is 4.20. The first-order valence-corrected chi connectivity index (χ1v) is 11.7. The van der Waals surface area contributed by atoms with Crippen molar-refractivity contribution in [3.8, 4) is 0 Å². The molecule has 6 aromatic rings. The number of aryl methyl sites for hydroxylation is 1. The third-order valence-electron chi connectivity index (χ3n) is 5.88. The number of para-hydroxylation sites is 3. The van der Waals surface area contributed by atoms with E-state index in [-0.39, 0.29) is 22.9 Å². The standard InChI is InChI=1S/C25H19N5O3S/c1-29-19-11-5-2-8-16(19)22(31)21-23(29)28-20(30(24(21)32)13-15-7-6-12-33-15)14-34-25-26-17-9-3-4-10-18(17)27-25/h2-12H,13-14H2,1H3,(H,26,27). The van der Waals surface area contributed by atoms with Crippen LogP contribution in [0.4, 0.5) is 0 Å². The van der Waals surface area contributed by atoms with Gasteiger partial charge in [0.2, 0.25) is 5.43 Å². The van der Waals surface area contributed by atoms with Crippen LogP contribution in [0.5, 0.6) is 0 Å². The van der Waals surface area contributed by atoms with Crippen LogP contribution in [0.3, 0.4) is 0 Å². The van der Waals surface area contributed by atoms with E-state index in [1.165, 1.54) is 16.3 Å². The smallest absolute Gasteiger partial charge is 0.267 e. The van der Waals surface area contributed by atoms with Crippen molar-refractivity contribution in [3.63, 3.8) is 0 Å². The molecule has 0 unspecified atom stereocenters. The lowest BCUT2D eigenvalue weighted by Gasteiger charge is -2.15. The fraction of sp³-hybridized carbons (Fsp3) is 0.120. The Morgan fingerprint density at radius 2 is 1.82 bits per heavy atom. The normalized spacial score (nSPS) is 11.7. The Balaban J connectivity index is 1.53. The molecule has 0 saturated heterocycles. The summed E-state index contributed by atoms with van der Waals surface area (Å²) in [4.78, 5) is 39.7. The summed E-state index contributed by atoms with van der Waals surface area (Å²) in [6.45, 7) is 0.181. The Morgan fingerprint density at radius 3 is 2.65 bits per heavy atom. The molecule has 0 spiro atoms. The summed E-state index contributed by atoms with van der Waals surface area (Å²) in [7, 11) is 1.82. The largest absolute Gasteiger partial charge is 0.467 e. The van der Waals surface area contributed by atoms with E-state index in [4.69, 9.17) is 9.40 Å². The van der Waals surface area contributed by atoms with Crippen LogP contribution in [0.1, 0.15) is 11.6 Å². The van der Waals surface area contributed by atoms with Crippen LogP contribution in [0.15, 0.2) is 86.1 Å². The topological polar surface area (TPSA) is 98.7 Å². The van der Waals surface area contributed by atoms with Crippen molar-refractivity contribution in [2.75, 3.05) is 0 Å². The van der Waals surface area contributed by atoms with Gasteiger partial charge in [-0.1, -0.05) is 36.0 Å². The van der Waals surface area contributed by atoms with Gasteiger partial charge in [0.05, 0.1) is 35.1 Å². The number of fused-ring (bicyclic) bond motifs is 3. The van der Waals surface area contributed by atoms with E-state index < -0.39 is 0 Å². The first kappa shape index (κ1) is 20.5. The number of nitrogens with zero attached hydrogens (tertiary/aromatic N) is 4. The number of imidazole rings is 1. The second kappa shape index (κ2) is 8.03. The maximum atomic E-state index is 13.7. The van der Waals surface area contributed by atoms with E-state index in [0.29, 0.717) is 28.4 Å². The molecule has 0 amide bonds. The summed E-state index contributed by atoms with van der Waals surface area (Å²) < 4.78 is 8.82. The molecule has 34 heavy (non-hydrogen) atoms. The second-order valence-corrected chi connectivity index (χ2v) is 8.91. The van der Waals surface area contributed by atoms with E-state index >= 15 is 0 Å². The number of nitrogens with one attached hydrogen (secondary N) is 1. The average molecular weight is 470 g/mol. The molecular weight excluding hydrogens is 450 g/mol. The molecule has 0 aliphatic rings. The van der Waals surface area contributed by atoms with E-state index in [2.05, 4.69) is 9.97 Å². The van der Waals surface area contributed by atoms with Crippen molar-refractivity contribution in [3.05, 3.63) is 99.1 Å². The minimum absolute atomic E-state index is 0.0743. The molecule has 8 nitrogen and oxygen atoms in total. The quantitative estimate of drug-likeness (QED) is 0.302. The highest BCUT2D eigenvalue weighted by Crippen LogP contribution is 2.23. The maximum absolute atomic E-state index is 13.7. The number of rotatable bonds is 5. The highest BCUT2D eigenvalue weighted by molar-refractivity contribution is 7.98. The van der Waals surface area contributed by atoms with E-state index in [1.807, 2.05) is 43.4 Å². The van der Waals surface area contributed by atoms with E-state index in [1.54, 1.807) is 35.1 Å². The molecule has 0 aliphatic carbocycles. The summed E-state index contributed by atoms with van der Waals surface area (Å²) >= 11 is 1.45. The van der Waals surface area contributed by atoms with Crippen LogP contribution < -0.4 is 11.0 Å². The Bertz CT molecular complexity index is 1760. The zero-order chi connectivity index (χ0) is 23.2. The second-order valence-electron chi connectivity index (χ2n) is 7.95. The molecule has 0 radical (unpaired) electrons. The van der Waals surface area contributed by atoms with Gasteiger partial charge in [0.25, 0.3) is 5.56 Å². The lowest BCUT2D eigenvalue weighted by Crippen LogP contribution is -2.30. The van der Waals surface area contributed by atoms with Gasteiger partial charge in [-0.25, -0.2) is 9.97 Å².